The van der Waals surface area contributed by atoms with Gasteiger partial charge in [-0.1, -0.05) is 6.58 Å². The highest BCUT2D eigenvalue weighted by molar-refractivity contribution is 5.22. The molecule has 0 aliphatic rings. The second-order valence-corrected chi connectivity index (χ2v) is 1.48. The summed E-state index contributed by atoms with van der Waals surface area (Å²) in [7, 11) is 0. The van der Waals surface area contributed by atoms with Crippen molar-refractivity contribution in [2.45, 2.75) is 0 Å². The van der Waals surface area contributed by atoms with E-state index in [0.717, 1.165) is 0 Å². The van der Waals surface area contributed by atoms with Crippen molar-refractivity contribution in [3.05, 3.63) is 24.5 Å². The van der Waals surface area contributed by atoms with Crippen LogP contribution in [0.3, 0.4) is 0 Å². The highest BCUT2D eigenvalue weighted by atomic mass is 15.3. The molecule has 0 aliphatic carbocycles. The van der Waals surface area contributed by atoms with Gasteiger partial charge in [0.05, 0.1) is 0 Å². The molecule has 1 rings (SSSR count). The zero-order chi connectivity index (χ0) is 6.69. The molecule has 0 radical (unpaired) electrons. The van der Waals surface area contributed by atoms with Crippen molar-refractivity contribution in [3.8, 4) is 6.07 Å². The fraction of sp³-hybridized carbons (Fsp3) is 0. The minimum absolute atomic E-state index is 0.412. The van der Waals surface area contributed by atoms with Crippen molar-refractivity contribution < 1.29 is 0 Å². The fourth-order valence-corrected chi connectivity index (χ4v) is 0.499. The summed E-state index contributed by atoms with van der Waals surface area (Å²) in [5.41, 5.74) is 0.412. The molecule has 1 aromatic rings. The van der Waals surface area contributed by atoms with Crippen molar-refractivity contribution >= 4 is 6.20 Å². The normalized spacial score (nSPS) is 8.33. The number of hydrogen-bond acceptors (Lipinski definition) is 2. The third kappa shape index (κ3) is 0.970. The molecule has 0 unspecified atom stereocenters. The van der Waals surface area contributed by atoms with Gasteiger partial charge in [0.25, 0.3) is 0 Å². The van der Waals surface area contributed by atoms with E-state index in [2.05, 4.69) is 11.7 Å². The summed E-state index contributed by atoms with van der Waals surface area (Å²) in [6.45, 7) is 3.47. The van der Waals surface area contributed by atoms with Crippen molar-refractivity contribution in [3.63, 3.8) is 0 Å². The minimum Gasteiger partial charge on any atom is -0.248 e. The van der Waals surface area contributed by atoms with Gasteiger partial charge in [0.2, 0.25) is 0 Å². The Bertz CT molecular complexity index is 254. The van der Waals surface area contributed by atoms with Crippen molar-refractivity contribution in [1.82, 2.24) is 9.78 Å². The number of nitriles is 1. The molecule has 44 valence electrons. The lowest BCUT2D eigenvalue weighted by Gasteiger charge is -1.82. The predicted octanol–water partition coefficient (Wildman–Crippen LogP) is 0.855. The van der Waals surface area contributed by atoms with E-state index >= 15 is 0 Å². The molecule has 0 spiro atoms. The van der Waals surface area contributed by atoms with Crippen LogP contribution in [0.4, 0.5) is 0 Å². The second-order valence-electron chi connectivity index (χ2n) is 1.48. The average molecular weight is 119 g/mol. The largest absolute Gasteiger partial charge is 0.248 e. The first-order valence-electron chi connectivity index (χ1n) is 2.44. The lowest BCUT2D eigenvalue weighted by Crippen LogP contribution is -1.84. The Kier molecular flexibility index (Phi) is 1.32. The second kappa shape index (κ2) is 2.14. The first-order valence-corrected chi connectivity index (χ1v) is 2.44. The Balaban J connectivity index is 3.03. The van der Waals surface area contributed by atoms with E-state index in [1.165, 1.54) is 10.9 Å². The van der Waals surface area contributed by atoms with E-state index in [0.29, 0.717) is 5.69 Å². The Morgan fingerprint density at radius 3 is 3.00 bits per heavy atom. The molecule has 1 aromatic heterocycles. The summed E-state index contributed by atoms with van der Waals surface area (Å²) in [5, 5.41) is 12.1. The smallest absolute Gasteiger partial charge is 0.162 e. The van der Waals surface area contributed by atoms with Crippen LogP contribution in [-0.2, 0) is 0 Å². The van der Waals surface area contributed by atoms with Gasteiger partial charge in [0.15, 0.2) is 5.69 Å². The van der Waals surface area contributed by atoms with Crippen LogP contribution in [0.5, 0.6) is 0 Å². The fourth-order valence-electron chi connectivity index (χ4n) is 0.499. The van der Waals surface area contributed by atoms with Gasteiger partial charge < -0.3 is 0 Å². The van der Waals surface area contributed by atoms with Gasteiger partial charge in [-0.3, -0.25) is 0 Å². The summed E-state index contributed by atoms with van der Waals surface area (Å²) < 4.78 is 1.48. The quantitative estimate of drug-likeness (QED) is 0.550. The monoisotopic (exact) mass is 119 g/mol. The van der Waals surface area contributed by atoms with E-state index in [-0.39, 0.29) is 0 Å². The van der Waals surface area contributed by atoms with Gasteiger partial charge >= 0.3 is 0 Å². The molecule has 1 heterocycles. The molecule has 0 atom stereocenters. The van der Waals surface area contributed by atoms with Crippen LogP contribution in [0.25, 0.3) is 6.20 Å². The topological polar surface area (TPSA) is 41.6 Å². The zero-order valence-corrected chi connectivity index (χ0v) is 4.78. The third-order valence-electron chi connectivity index (χ3n) is 0.910. The third-order valence-corrected chi connectivity index (χ3v) is 0.910. The van der Waals surface area contributed by atoms with Crippen LogP contribution >= 0.6 is 0 Å². The lowest BCUT2D eigenvalue weighted by atomic mass is 10.5. The van der Waals surface area contributed by atoms with Gasteiger partial charge in [-0.2, -0.15) is 10.4 Å². The summed E-state index contributed by atoms with van der Waals surface area (Å²) in [6, 6.07) is 3.53. The molecule has 0 saturated heterocycles. The molecule has 0 amide bonds. The van der Waals surface area contributed by atoms with Gasteiger partial charge in [-0.05, 0) is 6.07 Å². The lowest BCUT2D eigenvalue weighted by molar-refractivity contribution is 0.927. The van der Waals surface area contributed by atoms with E-state index in [1.807, 2.05) is 6.07 Å². The molecule has 0 fully saturated rings. The predicted molar refractivity (Wildman–Crippen MR) is 33.3 cm³/mol. The summed E-state index contributed by atoms with van der Waals surface area (Å²) in [5.74, 6) is 0. The van der Waals surface area contributed by atoms with Gasteiger partial charge in [-0.15, -0.1) is 0 Å². The molecule has 0 N–H and O–H groups in total. The van der Waals surface area contributed by atoms with Crippen LogP contribution in [-0.4, -0.2) is 9.78 Å². The van der Waals surface area contributed by atoms with Crippen LogP contribution in [0, 0.1) is 11.3 Å². The van der Waals surface area contributed by atoms with Crippen molar-refractivity contribution in [2.24, 2.45) is 0 Å². The maximum Gasteiger partial charge on any atom is 0.162 e. The van der Waals surface area contributed by atoms with Gasteiger partial charge in [-0.25, -0.2) is 4.68 Å². The first kappa shape index (κ1) is 5.57. The highest BCUT2D eigenvalue weighted by Gasteiger charge is 1.90. The molecule has 0 aromatic carbocycles. The Labute approximate surface area is 52.8 Å². The Morgan fingerprint density at radius 2 is 2.67 bits per heavy atom. The van der Waals surface area contributed by atoms with Crippen LogP contribution in [0.1, 0.15) is 5.69 Å². The SMILES string of the molecule is C=Cn1ccc(C#N)n1. The number of hydrogen-bond donors (Lipinski definition) is 0. The number of rotatable bonds is 1. The van der Waals surface area contributed by atoms with E-state index in [4.69, 9.17) is 5.26 Å². The number of aromatic nitrogens is 2. The molecule has 3 heteroatoms. The zero-order valence-electron chi connectivity index (χ0n) is 4.78. The summed E-state index contributed by atoms with van der Waals surface area (Å²) >= 11 is 0. The highest BCUT2D eigenvalue weighted by Crippen LogP contribution is 1.91. The number of nitrogens with zero attached hydrogens (tertiary/aromatic N) is 3. The molecular formula is C6H5N3. The standard InChI is InChI=1S/C6H5N3/c1-2-9-4-3-6(5-7)8-9/h2-4H,1H2. The first-order chi connectivity index (χ1) is 4.36. The molecular weight excluding hydrogens is 114 g/mol. The molecule has 0 saturated carbocycles. The van der Waals surface area contributed by atoms with E-state index < -0.39 is 0 Å². The van der Waals surface area contributed by atoms with Crippen LogP contribution in [0.2, 0.25) is 0 Å². The molecule has 0 bridgehead atoms. The van der Waals surface area contributed by atoms with Gasteiger partial charge in [0.1, 0.15) is 6.07 Å². The summed E-state index contributed by atoms with van der Waals surface area (Å²) in [6.07, 6.45) is 3.20. The van der Waals surface area contributed by atoms with Crippen molar-refractivity contribution in [1.29, 1.82) is 5.26 Å². The molecule has 0 aliphatic heterocycles. The van der Waals surface area contributed by atoms with Crippen molar-refractivity contribution in [2.75, 3.05) is 0 Å². The Morgan fingerprint density at radius 1 is 1.89 bits per heavy atom. The Hall–Kier alpha value is -1.56. The maximum absolute atomic E-state index is 8.29. The van der Waals surface area contributed by atoms with Crippen LogP contribution in [0.15, 0.2) is 18.8 Å². The van der Waals surface area contributed by atoms with Crippen LogP contribution < -0.4 is 0 Å². The molecule has 3 nitrogen and oxygen atoms in total. The van der Waals surface area contributed by atoms with E-state index in [1.54, 1.807) is 12.3 Å². The minimum atomic E-state index is 0.412. The average Bonchev–Trinajstić information content (AvgIpc) is 2.34. The maximum atomic E-state index is 8.29. The molecule has 9 heavy (non-hydrogen) atoms. The van der Waals surface area contributed by atoms with E-state index in [9.17, 15) is 0 Å². The van der Waals surface area contributed by atoms with Gasteiger partial charge in [0, 0.05) is 12.4 Å². The summed E-state index contributed by atoms with van der Waals surface area (Å²) in [4.78, 5) is 0.